The second kappa shape index (κ2) is 4.67. The van der Waals surface area contributed by atoms with Crippen LogP contribution in [0.25, 0.3) is 0 Å². The van der Waals surface area contributed by atoms with Gasteiger partial charge in [-0.2, -0.15) is 13.2 Å². The summed E-state index contributed by atoms with van der Waals surface area (Å²) in [6, 6.07) is 0. The van der Waals surface area contributed by atoms with Crippen LogP contribution >= 0.6 is 0 Å². The Hall–Kier alpha value is -0.340. The average molecular weight is 247 g/mol. The molecule has 1 N–H and O–H groups in total. The fraction of sp³-hybridized carbons (Fsp3) is 1.00. The van der Waals surface area contributed by atoms with Crippen LogP contribution in [-0.2, 0) is 14.6 Å². The number of halogens is 3. The molecule has 4 nitrogen and oxygen atoms in total. The first kappa shape index (κ1) is 12.7. The van der Waals surface area contributed by atoms with Crippen LogP contribution in [0.15, 0.2) is 0 Å². The minimum Gasteiger partial charge on any atom is -0.356 e. The monoisotopic (exact) mass is 247 g/mol. The Kier molecular flexibility index (Phi) is 3.96. The molecule has 15 heavy (non-hydrogen) atoms. The Morgan fingerprint density at radius 2 is 1.93 bits per heavy atom. The molecule has 0 aromatic carbocycles. The van der Waals surface area contributed by atoms with Gasteiger partial charge >= 0.3 is 6.18 Å². The summed E-state index contributed by atoms with van der Waals surface area (Å²) in [5.74, 6) is -0.967. The maximum atomic E-state index is 11.6. The van der Waals surface area contributed by atoms with Crippen LogP contribution in [0.1, 0.15) is 0 Å². The number of rotatable bonds is 5. The van der Waals surface area contributed by atoms with Crippen LogP contribution in [0.4, 0.5) is 13.2 Å². The molecule has 0 radical (unpaired) electrons. The maximum absolute atomic E-state index is 11.6. The molecule has 0 spiro atoms. The van der Waals surface area contributed by atoms with E-state index in [-0.39, 0.29) is 11.7 Å². The Balaban J connectivity index is 2.23. The summed E-state index contributed by atoms with van der Waals surface area (Å²) in [5.41, 5.74) is 0. The van der Waals surface area contributed by atoms with E-state index in [2.05, 4.69) is 10.1 Å². The van der Waals surface area contributed by atoms with Crippen LogP contribution in [0.5, 0.6) is 0 Å². The Labute approximate surface area is 85.7 Å². The van der Waals surface area contributed by atoms with Crippen molar-refractivity contribution >= 4 is 9.84 Å². The molecule has 0 aromatic rings. The van der Waals surface area contributed by atoms with Gasteiger partial charge in [-0.1, -0.05) is 0 Å². The van der Waals surface area contributed by atoms with Crippen molar-refractivity contribution in [3.8, 4) is 0 Å². The lowest BCUT2D eigenvalue weighted by Gasteiger charge is -2.26. The molecule has 8 heteroatoms. The Bertz CT molecular complexity index is 297. The average Bonchev–Trinajstić information content (AvgIpc) is 1.94. The van der Waals surface area contributed by atoms with E-state index in [0.717, 1.165) is 0 Å². The van der Waals surface area contributed by atoms with Crippen molar-refractivity contribution < 1.29 is 26.3 Å². The number of hydrogen-bond acceptors (Lipinski definition) is 4. The van der Waals surface area contributed by atoms with Crippen LogP contribution in [0.2, 0.25) is 0 Å². The molecule has 1 heterocycles. The maximum Gasteiger partial charge on any atom is 0.411 e. The summed E-state index contributed by atoms with van der Waals surface area (Å²) < 4.78 is 61.4. The van der Waals surface area contributed by atoms with Crippen molar-refractivity contribution in [1.82, 2.24) is 5.32 Å². The topological polar surface area (TPSA) is 55.4 Å². The van der Waals surface area contributed by atoms with E-state index in [0.29, 0.717) is 13.1 Å². The first-order valence-electron chi connectivity index (χ1n) is 4.34. The lowest BCUT2D eigenvalue weighted by atomic mass is 10.1. The van der Waals surface area contributed by atoms with E-state index < -0.39 is 28.6 Å². The van der Waals surface area contributed by atoms with Gasteiger partial charge in [0.15, 0.2) is 9.84 Å². The fourth-order valence-electron chi connectivity index (χ4n) is 1.16. The molecule has 0 saturated carbocycles. The van der Waals surface area contributed by atoms with Crippen molar-refractivity contribution in [2.45, 2.75) is 6.18 Å². The summed E-state index contributed by atoms with van der Waals surface area (Å²) in [5, 5.41) is 2.88. The van der Waals surface area contributed by atoms with Gasteiger partial charge in [-0.3, -0.25) is 0 Å². The number of hydrogen-bond donors (Lipinski definition) is 1. The minimum atomic E-state index is -4.48. The van der Waals surface area contributed by atoms with Gasteiger partial charge in [-0.05, 0) is 5.92 Å². The summed E-state index contributed by atoms with van der Waals surface area (Å²) in [6.07, 6.45) is -4.48. The molecular weight excluding hydrogens is 235 g/mol. The second-order valence-corrected chi connectivity index (χ2v) is 5.57. The number of sulfone groups is 1. The molecule has 1 aliphatic rings. The second-order valence-electron chi connectivity index (χ2n) is 3.52. The van der Waals surface area contributed by atoms with Gasteiger partial charge in [0.05, 0.1) is 5.75 Å². The van der Waals surface area contributed by atoms with E-state index in [1.165, 1.54) is 0 Å². The number of nitrogens with one attached hydrogen (secondary N) is 1. The number of alkyl halides is 3. The molecule has 0 unspecified atom stereocenters. The van der Waals surface area contributed by atoms with Crippen LogP contribution in [0, 0.1) is 5.92 Å². The van der Waals surface area contributed by atoms with E-state index in [1.807, 2.05) is 0 Å². The lowest BCUT2D eigenvalue weighted by molar-refractivity contribution is -0.169. The summed E-state index contributed by atoms with van der Waals surface area (Å²) >= 11 is 0. The molecule has 0 atom stereocenters. The first-order chi connectivity index (χ1) is 6.79. The van der Waals surface area contributed by atoms with Crippen molar-refractivity contribution in [3.63, 3.8) is 0 Å². The standard InChI is InChI=1S/C7H12F3NO3S/c8-7(9,10)4-14-5-15(12,13)3-6-1-11-2-6/h6,11H,1-5H2. The zero-order chi connectivity index (χ0) is 11.5. The van der Waals surface area contributed by atoms with E-state index >= 15 is 0 Å². The van der Waals surface area contributed by atoms with Crippen LogP contribution < -0.4 is 5.32 Å². The smallest absolute Gasteiger partial charge is 0.356 e. The molecular formula is C7H12F3NO3S. The van der Waals surface area contributed by atoms with Crippen LogP contribution in [0.3, 0.4) is 0 Å². The Morgan fingerprint density at radius 3 is 2.33 bits per heavy atom. The molecule has 1 aliphatic heterocycles. The summed E-state index contributed by atoms with van der Waals surface area (Å²) in [4.78, 5) is 0. The highest BCUT2D eigenvalue weighted by molar-refractivity contribution is 7.91. The molecule has 0 aliphatic carbocycles. The van der Waals surface area contributed by atoms with E-state index in [1.54, 1.807) is 0 Å². The highest BCUT2D eigenvalue weighted by atomic mass is 32.2. The fourth-order valence-corrected chi connectivity index (χ4v) is 2.55. The molecule has 0 aromatic heterocycles. The van der Waals surface area contributed by atoms with Crippen molar-refractivity contribution in [2.24, 2.45) is 5.92 Å². The van der Waals surface area contributed by atoms with Gasteiger partial charge in [0.1, 0.15) is 12.5 Å². The third-order valence-electron chi connectivity index (χ3n) is 1.88. The van der Waals surface area contributed by atoms with Crippen LogP contribution in [-0.4, -0.2) is 46.0 Å². The third-order valence-corrected chi connectivity index (χ3v) is 3.39. The number of ether oxygens (including phenoxy) is 1. The quantitative estimate of drug-likeness (QED) is 0.751. The summed E-state index contributed by atoms with van der Waals surface area (Å²) in [7, 11) is -3.53. The van der Waals surface area contributed by atoms with Crippen molar-refractivity contribution in [3.05, 3.63) is 0 Å². The predicted molar refractivity (Wildman–Crippen MR) is 47.0 cm³/mol. The van der Waals surface area contributed by atoms with Crippen molar-refractivity contribution in [1.29, 1.82) is 0 Å². The summed E-state index contributed by atoms with van der Waals surface area (Å²) in [6.45, 7) is -0.327. The third kappa shape index (κ3) is 5.33. The van der Waals surface area contributed by atoms with Gasteiger partial charge in [0.25, 0.3) is 0 Å². The molecule has 0 amide bonds. The molecule has 0 bridgehead atoms. The first-order valence-corrected chi connectivity index (χ1v) is 6.16. The van der Waals surface area contributed by atoms with Gasteiger partial charge in [-0.25, -0.2) is 8.42 Å². The minimum absolute atomic E-state index is 0.00415. The highest BCUT2D eigenvalue weighted by Crippen LogP contribution is 2.15. The highest BCUT2D eigenvalue weighted by Gasteiger charge is 2.29. The zero-order valence-electron chi connectivity index (χ0n) is 7.88. The van der Waals surface area contributed by atoms with Crippen molar-refractivity contribution in [2.75, 3.05) is 31.4 Å². The SMILES string of the molecule is O=S(=O)(COCC(F)(F)F)CC1CNC1. The molecule has 1 fully saturated rings. The zero-order valence-corrected chi connectivity index (χ0v) is 8.70. The molecule has 1 rings (SSSR count). The van der Waals surface area contributed by atoms with Gasteiger partial charge in [0.2, 0.25) is 0 Å². The Morgan fingerprint density at radius 1 is 1.33 bits per heavy atom. The normalized spacial score (nSPS) is 18.9. The predicted octanol–water partition coefficient (Wildman–Crippen LogP) is 0.157. The molecule has 1 saturated heterocycles. The molecule has 90 valence electrons. The van der Waals surface area contributed by atoms with E-state index in [4.69, 9.17) is 0 Å². The van der Waals surface area contributed by atoms with Gasteiger partial charge in [0, 0.05) is 13.1 Å². The van der Waals surface area contributed by atoms with E-state index in [9.17, 15) is 21.6 Å². The van der Waals surface area contributed by atoms with Gasteiger partial charge < -0.3 is 10.1 Å². The largest absolute Gasteiger partial charge is 0.411 e. The lowest BCUT2D eigenvalue weighted by Crippen LogP contribution is -2.46. The van der Waals surface area contributed by atoms with Gasteiger partial charge in [-0.15, -0.1) is 0 Å².